The van der Waals surface area contributed by atoms with E-state index in [2.05, 4.69) is 15.0 Å². The van der Waals surface area contributed by atoms with Crippen molar-refractivity contribution in [3.8, 4) is 0 Å². The molecule has 100 valence electrons. The summed E-state index contributed by atoms with van der Waals surface area (Å²) in [6.45, 7) is 3.84. The maximum atomic E-state index is 11.5. The maximum absolute atomic E-state index is 11.5. The predicted molar refractivity (Wildman–Crippen MR) is 62.3 cm³/mol. The summed E-state index contributed by atoms with van der Waals surface area (Å²) >= 11 is 0. The van der Waals surface area contributed by atoms with E-state index in [0.717, 1.165) is 12.2 Å². The molecule has 0 fully saturated rings. The predicted octanol–water partition coefficient (Wildman–Crippen LogP) is -0.256. The zero-order valence-corrected chi connectivity index (χ0v) is 10.4. The highest BCUT2D eigenvalue weighted by Crippen LogP contribution is 2.03. The highest BCUT2D eigenvalue weighted by molar-refractivity contribution is 6.01. The molecule has 1 heterocycles. The van der Waals surface area contributed by atoms with E-state index < -0.39 is 17.9 Å². The molecule has 1 aromatic rings. The number of aromatic nitrogens is 1. The Morgan fingerprint density at radius 1 is 1.56 bits per heavy atom. The second-order valence-corrected chi connectivity index (χ2v) is 3.52. The third-order valence-electron chi connectivity index (χ3n) is 2.19. The van der Waals surface area contributed by atoms with E-state index >= 15 is 0 Å². The van der Waals surface area contributed by atoms with E-state index in [1.807, 2.05) is 6.92 Å². The monoisotopic (exact) mass is 255 g/mol. The van der Waals surface area contributed by atoms with Crippen LogP contribution in [-0.2, 0) is 27.3 Å². The minimum absolute atomic E-state index is 0.0892. The molecule has 0 aliphatic heterocycles. The first-order valence-electron chi connectivity index (χ1n) is 5.72. The van der Waals surface area contributed by atoms with E-state index in [1.165, 1.54) is 0 Å². The molecule has 0 aliphatic carbocycles. The number of esters is 1. The number of nitrogens with two attached hydrogens (primary N) is 1. The van der Waals surface area contributed by atoms with Crippen LogP contribution in [0.25, 0.3) is 0 Å². The molecule has 0 saturated heterocycles. The van der Waals surface area contributed by atoms with Crippen LogP contribution in [0.4, 0.5) is 0 Å². The lowest BCUT2D eigenvalue weighted by molar-refractivity contribution is -0.148. The van der Waals surface area contributed by atoms with Crippen molar-refractivity contribution in [2.24, 2.45) is 5.73 Å². The van der Waals surface area contributed by atoms with Crippen LogP contribution in [0, 0.1) is 0 Å². The van der Waals surface area contributed by atoms with Crippen LogP contribution >= 0.6 is 0 Å². The van der Waals surface area contributed by atoms with Gasteiger partial charge in [-0.05, 0) is 6.92 Å². The van der Waals surface area contributed by atoms with E-state index in [-0.39, 0.29) is 13.2 Å². The molecular formula is C11H17N3O4. The number of aryl methyl sites for hydroxylation is 1. The Labute approximate surface area is 105 Å². The number of amides is 1. The lowest BCUT2D eigenvalue weighted by Crippen LogP contribution is -2.46. The van der Waals surface area contributed by atoms with Gasteiger partial charge >= 0.3 is 5.97 Å². The number of carbonyl (C=O) groups excluding carboxylic acids is 2. The molecule has 0 bridgehead atoms. The largest absolute Gasteiger partial charge is 0.464 e. The highest BCUT2D eigenvalue weighted by atomic mass is 16.5. The molecule has 0 aromatic carbocycles. The van der Waals surface area contributed by atoms with Gasteiger partial charge < -0.3 is 20.2 Å². The maximum Gasteiger partial charge on any atom is 0.332 e. The topological polar surface area (TPSA) is 107 Å². The number of hydrogen-bond donors (Lipinski definition) is 2. The number of ether oxygens (including phenoxy) is 1. The second-order valence-electron chi connectivity index (χ2n) is 3.52. The Morgan fingerprint density at radius 3 is 2.83 bits per heavy atom. The van der Waals surface area contributed by atoms with Gasteiger partial charge in [-0.25, -0.2) is 9.78 Å². The van der Waals surface area contributed by atoms with Crippen LogP contribution in [0.15, 0.2) is 10.6 Å². The van der Waals surface area contributed by atoms with Crippen molar-refractivity contribution in [3.05, 3.63) is 17.8 Å². The van der Waals surface area contributed by atoms with Gasteiger partial charge in [0.05, 0.1) is 19.3 Å². The van der Waals surface area contributed by atoms with Crippen molar-refractivity contribution in [1.29, 1.82) is 0 Å². The number of oxazole rings is 1. The molecule has 0 aliphatic rings. The summed E-state index contributed by atoms with van der Waals surface area (Å²) in [5.74, 6) is -0.272. The van der Waals surface area contributed by atoms with Gasteiger partial charge in [0.1, 0.15) is 5.76 Å². The molecule has 7 nitrogen and oxygen atoms in total. The van der Waals surface area contributed by atoms with Crippen molar-refractivity contribution >= 4 is 11.9 Å². The molecule has 0 saturated carbocycles. The van der Waals surface area contributed by atoms with Gasteiger partial charge in [-0.15, -0.1) is 0 Å². The van der Waals surface area contributed by atoms with Crippen molar-refractivity contribution in [1.82, 2.24) is 10.3 Å². The summed E-state index contributed by atoms with van der Waals surface area (Å²) in [4.78, 5) is 26.7. The molecule has 0 radical (unpaired) electrons. The van der Waals surface area contributed by atoms with Crippen molar-refractivity contribution in [2.75, 3.05) is 6.61 Å². The number of carbonyl (C=O) groups is 2. The van der Waals surface area contributed by atoms with Gasteiger partial charge in [0.2, 0.25) is 11.8 Å². The van der Waals surface area contributed by atoms with Gasteiger partial charge in [0, 0.05) is 6.42 Å². The molecule has 0 spiro atoms. The first-order chi connectivity index (χ1) is 8.58. The summed E-state index contributed by atoms with van der Waals surface area (Å²) in [6, 6.07) is -1.33. The Balaban J connectivity index is 2.43. The van der Waals surface area contributed by atoms with Crippen LogP contribution in [0.5, 0.6) is 0 Å². The molecule has 1 atom stereocenters. The Hall–Kier alpha value is -1.89. The minimum atomic E-state index is -1.33. The summed E-state index contributed by atoms with van der Waals surface area (Å²) in [5.41, 5.74) is 5.40. The summed E-state index contributed by atoms with van der Waals surface area (Å²) < 4.78 is 9.92. The van der Waals surface area contributed by atoms with Crippen LogP contribution in [0.1, 0.15) is 25.5 Å². The van der Waals surface area contributed by atoms with Gasteiger partial charge in [-0.2, -0.15) is 0 Å². The summed E-state index contributed by atoms with van der Waals surface area (Å²) in [6.07, 6.45) is 2.32. The Morgan fingerprint density at radius 2 is 2.28 bits per heavy atom. The van der Waals surface area contributed by atoms with Gasteiger partial charge in [0.25, 0.3) is 0 Å². The molecule has 3 N–H and O–H groups in total. The zero-order valence-electron chi connectivity index (χ0n) is 10.4. The standard InChI is InChI=1S/C11H17N3O4/c1-3-7-5-13-8(18-7)6-14-10(15)9(12)11(16)17-4-2/h5,9H,3-4,6,12H2,1-2H3,(H,14,15). The molecule has 1 rings (SSSR count). The van der Waals surface area contributed by atoms with Crippen LogP contribution in [-0.4, -0.2) is 29.5 Å². The fraction of sp³-hybridized carbons (Fsp3) is 0.545. The first kappa shape index (κ1) is 14.2. The minimum Gasteiger partial charge on any atom is -0.464 e. The molecule has 7 heteroatoms. The number of nitrogens with zero attached hydrogens (tertiary/aromatic N) is 1. The van der Waals surface area contributed by atoms with Gasteiger partial charge in [-0.1, -0.05) is 6.92 Å². The van der Waals surface area contributed by atoms with Crippen LogP contribution in [0.3, 0.4) is 0 Å². The number of hydrogen-bond acceptors (Lipinski definition) is 6. The van der Waals surface area contributed by atoms with Crippen LogP contribution < -0.4 is 11.1 Å². The lowest BCUT2D eigenvalue weighted by atomic mass is 10.3. The smallest absolute Gasteiger partial charge is 0.332 e. The molecule has 1 amide bonds. The average Bonchev–Trinajstić information content (AvgIpc) is 2.83. The number of rotatable bonds is 6. The lowest BCUT2D eigenvalue weighted by Gasteiger charge is -2.09. The SMILES string of the molecule is CCOC(=O)C(N)C(=O)NCc1ncc(CC)o1. The zero-order chi connectivity index (χ0) is 13.5. The van der Waals surface area contributed by atoms with Crippen LogP contribution in [0.2, 0.25) is 0 Å². The first-order valence-corrected chi connectivity index (χ1v) is 5.72. The Kier molecular flexibility index (Phi) is 5.31. The van der Waals surface area contributed by atoms with E-state index in [9.17, 15) is 9.59 Å². The fourth-order valence-corrected chi connectivity index (χ4v) is 1.20. The highest BCUT2D eigenvalue weighted by Gasteiger charge is 2.23. The molecule has 18 heavy (non-hydrogen) atoms. The average molecular weight is 255 g/mol. The summed E-state index contributed by atoms with van der Waals surface area (Å²) in [5, 5.41) is 2.45. The third kappa shape index (κ3) is 3.85. The van der Waals surface area contributed by atoms with E-state index in [4.69, 9.17) is 10.2 Å². The summed E-state index contributed by atoms with van der Waals surface area (Å²) in [7, 11) is 0. The fourth-order valence-electron chi connectivity index (χ4n) is 1.20. The number of nitrogens with one attached hydrogen (secondary N) is 1. The molecular weight excluding hydrogens is 238 g/mol. The normalized spacial score (nSPS) is 11.9. The van der Waals surface area contributed by atoms with Gasteiger partial charge in [0.15, 0.2) is 6.04 Å². The third-order valence-corrected chi connectivity index (χ3v) is 2.19. The quantitative estimate of drug-likeness (QED) is 0.536. The Bertz CT molecular complexity index is 416. The van der Waals surface area contributed by atoms with E-state index in [1.54, 1.807) is 13.1 Å². The van der Waals surface area contributed by atoms with Crippen molar-refractivity contribution in [2.45, 2.75) is 32.9 Å². The molecule has 1 aromatic heterocycles. The second kappa shape index (κ2) is 6.75. The van der Waals surface area contributed by atoms with Crippen molar-refractivity contribution < 1.29 is 18.7 Å². The molecule has 1 unspecified atom stereocenters. The van der Waals surface area contributed by atoms with Crippen molar-refractivity contribution in [3.63, 3.8) is 0 Å². The van der Waals surface area contributed by atoms with Gasteiger partial charge in [-0.3, -0.25) is 4.79 Å². The van der Waals surface area contributed by atoms with E-state index in [0.29, 0.717) is 5.89 Å².